The summed E-state index contributed by atoms with van der Waals surface area (Å²) in [7, 11) is 1.56. The van der Waals surface area contributed by atoms with Crippen LogP contribution in [-0.2, 0) is 0 Å². The van der Waals surface area contributed by atoms with Crippen LogP contribution >= 0.6 is 0 Å². The molecule has 0 fully saturated rings. The molecule has 0 unspecified atom stereocenters. The highest BCUT2D eigenvalue weighted by atomic mass is 16.5. The molecule has 3 heteroatoms. The molecule has 0 saturated heterocycles. The minimum atomic E-state index is 0.107. The van der Waals surface area contributed by atoms with Crippen LogP contribution in [0.5, 0.6) is 11.5 Å². The summed E-state index contributed by atoms with van der Waals surface area (Å²) in [5, 5.41) is 11.4. The Labute approximate surface area is 93.3 Å². The van der Waals surface area contributed by atoms with Gasteiger partial charge in [-0.2, -0.15) is 0 Å². The molecule has 0 aliphatic heterocycles. The van der Waals surface area contributed by atoms with E-state index in [2.05, 4.69) is 0 Å². The molecule has 0 radical (unpaired) electrons. The number of carbonyl (C=O) groups is 1. The number of aryl methyl sites for hydroxylation is 1. The van der Waals surface area contributed by atoms with Gasteiger partial charge in [-0.15, -0.1) is 0 Å². The van der Waals surface area contributed by atoms with Crippen LogP contribution in [0, 0.1) is 6.92 Å². The first kappa shape index (κ1) is 10.5. The largest absolute Gasteiger partial charge is 0.507 e. The average molecular weight is 216 g/mol. The number of phenolic OH excluding ortho intramolecular Hbond substituents is 1. The highest BCUT2D eigenvalue weighted by Gasteiger charge is 2.09. The second-order valence-corrected chi connectivity index (χ2v) is 3.67. The number of benzene rings is 2. The van der Waals surface area contributed by atoms with E-state index in [1.54, 1.807) is 13.2 Å². The summed E-state index contributed by atoms with van der Waals surface area (Å²) in [5.74, 6) is 0.760. The van der Waals surface area contributed by atoms with Gasteiger partial charge in [0.15, 0.2) is 0 Å². The van der Waals surface area contributed by atoms with Crippen molar-refractivity contribution in [2.24, 2.45) is 0 Å². The monoisotopic (exact) mass is 216 g/mol. The lowest BCUT2D eigenvalue weighted by Crippen LogP contribution is -1.89. The van der Waals surface area contributed by atoms with Crippen LogP contribution in [0.1, 0.15) is 15.9 Å². The van der Waals surface area contributed by atoms with Crippen molar-refractivity contribution < 1.29 is 14.6 Å². The maximum atomic E-state index is 10.7. The molecule has 1 N–H and O–H groups in total. The fourth-order valence-corrected chi connectivity index (χ4v) is 1.88. The standard InChI is InChI=1S/C13H12O3/c1-8-3-4-12(16-2)10-5-9(7-14)6-11(15)13(8)10/h3-7,15H,1-2H3. The molecule has 2 rings (SSSR count). The number of phenols is 1. The highest BCUT2D eigenvalue weighted by Crippen LogP contribution is 2.34. The predicted molar refractivity (Wildman–Crippen MR) is 62.3 cm³/mol. The molecular formula is C13H12O3. The topological polar surface area (TPSA) is 46.5 Å². The number of aromatic hydroxyl groups is 1. The third-order valence-electron chi connectivity index (χ3n) is 2.64. The third-order valence-corrected chi connectivity index (χ3v) is 2.64. The molecule has 0 spiro atoms. The number of methoxy groups -OCH3 is 1. The Morgan fingerprint density at radius 3 is 2.69 bits per heavy atom. The van der Waals surface area contributed by atoms with Crippen LogP contribution in [0.2, 0.25) is 0 Å². The van der Waals surface area contributed by atoms with Gasteiger partial charge in [0.1, 0.15) is 17.8 Å². The van der Waals surface area contributed by atoms with E-state index in [1.807, 2.05) is 19.1 Å². The van der Waals surface area contributed by atoms with Crippen molar-refractivity contribution in [2.45, 2.75) is 6.92 Å². The first-order valence-electron chi connectivity index (χ1n) is 4.93. The molecule has 3 nitrogen and oxygen atoms in total. The lowest BCUT2D eigenvalue weighted by atomic mass is 10.0. The first-order valence-corrected chi connectivity index (χ1v) is 4.93. The maximum absolute atomic E-state index is 10.7. The summed E-state index contributed by atoms with van der Waals surface area (Å²) in [4.78, 5) is 10.7. The number of ether oxygens (including phenoxy) is 1. The van der Waals surface area contributed by atoms with E-state index in [9.17, 15) is 9.90 Å². The predicted octanol–water partition coefficient (Wildman–Crippen LogP) is 2.67. The number of fused-ring (bicyclic) bond motifs is 1. The van der Waals surface area contributed by atoms with Gasteiger partial charge in [0.2, 0.25) is 0 Å². The summed E-state index contributed by atoms with van der Waals surface area (Å²) in [6, 6.07) is 6.88. The molecule has 16 heavy (non-hydrogen) atoms. The number of aldehydes is 1. The van der Waals surface area contributed by atoms with Crippen LogP contribution in [-0.4, -0.2) is 18.5 Å². The van der Waals surface area contributed by atoms with Gasteiger partial charge in [-0.3, -0.25) is 4.79 Å². The summed E-state index contributed by atoms with van der Waals surface area (Å²) in [6.07, 6.45) is 0.709. The Balaban J connectivity index is 2.92. The molecule has 0 aromatic heterocycles. The first-order chi connectivity index (χ1) is 7.67. The minimum Gasteiger partial charge on any atom is -0.507 e. The number of hydrogen-bond donors (Lipinski definition) is 1. The van der Waals surface area contributed by atoms with Gasteiger partial charge in [-0.05, 0) is 30.7 Å². The molecule has 0 aliphatic rings. The molecule has 0 aliphatic carbocycles. The molecule has 0 saturated carbocycles. The van der Waals surface area contributed by atoms with Crippen molar-refractivity contribution >= 4 is 17.1 Å². The molecule has 2 aromatic carbocycles. The van der Waals surface area contributed by atoms with E-state index >= 15 is 0 Å². The van der Waals surface area contributed by atoms with Gasteiger partial charge in [0.05, 0.1) is 7.11 Å². The minimum absolute atomic E-state index is 0.107. The van der Waals surface area contributed by atoms with Crippen LogP contribution < -0.4 is 4.74 Å². The molecule has 2 aromatic rings. The highest BCUT2D eigenvalue weighted by molar-refractivity contribution is 5.99. The molecule has 0 bridgehead atoms. The average Bonchev–Trinajstić information content (AvgIpc) is 2.28. The molecule has 0 heterocycles. The normalized spacial score (nSPS) is 10.4. The van der Waals surface area contributed by atoms with E-state index < -0.39 is 0 Å². The Morgan fingerprint density at radius 2 is 2.06 bits per heavy atom. The lowest BCUT2D eigenvalue weighted by molar-refractivity contribution is 0.112. The van der Waals surface area contributed by atoms with E-state index in [-0.39, 0.29) is 5.75 Å². The van der Waals surface area contributed by atoms with Crippen LogP contribution in [0.15, 0.2) is 24.3 Å². The van der Waals surface area contributed by atoms with Crippen LogP contribution in [0.25, 0.3) is 10.8 Å². The van der Waals surface area contributed by atoms with Gasteiger partial charge in [0.25, 0.3) is 0 Å². The zero-order chi connectivity index (χ0) is 11.7. The van der Waals surface area contributed by atoms with Crippen molar-refractivity contribution in [2.75, 3.05) is 7.11 Å². The van der Waals surface area contributed by atoms with Crippen molar-refractivity contribution in [1.82, 2.24) is 0 Å². The molecular weight excluding hydrogens is 204 g/mol. The zero-order valence-electron chi connectivity index (χ0n) is 9.15. The van der Waals surface area contributed by atoms with Crippen molar-refractivity contribution in [3.8, 4) is 11.5 Å². The van der Waals surface area contributed by atoms with Crippen LogP contribution in [0.3, 0.4) is 0 Å². The second kappa shape index (κ2) is 3.85. The molecule has 82 valence electrons. The van der Waals surface area contributed by atoms with E-state index in [0.717, 1.165) is 16.3 Å². The number of carbonyl (C=O) groups excluding carboxylic acids is 1. The molecule has 0 atom stereocenters. The fourth-order valence-electron chi connectivity index (χ4n) is 1.88. The van der Waals surface area contributed by atoms with E-state index in [4.69, 9.17) is 4.74 Å². The van der Waals surface area contributed by atoms with Gasteiger partial charge >= 0.3 is 0 Å². The van der Waals surface area contributed by atoms with Gasteiger partial charge in [0, 0.05) is 16.3 Å². The Hall–Kier alpha value is -2.03. The van der Waals surface area contributed by atoms with Gasteiger partial charge in [-0.1, -0.05) is 6.07 Å². The van der Waals surface area contributed by atoms with Crippen molar-refractivity contribution in [1.29, 1.82) is 0 Å². The summed E-state index contributed by atoms with van der Waals surface area (Å²) in [6.45, 7) is 1.90. The van der Waals surface area contributed by atoms with Crippen molar-refractivity contribution in [3.63, 3.8) is 0 Å². The SMILES string of the molecule is COc1ccc(C)c2c(O)cc(C=O)cc12. The summed E-state index contributed by atoms with van der Waals surface area (Å²) < 4.78 is 5.21. The number of hydrogen-bond acceptors (Lipinski definition) is 3. The van der Waals surface area contributed by atoms with Gasteiger partial charge < -0.3 is 9.84 Å². The Morgan fingerprint density at radius 1 is 1.31 bits per heavy atom. The maximum Gasteiger partial charge on any atom is 0.150 e. The zero-order valence-corrected chi connectivity index (χ0v) is 9.15. The smallest absolute Gasteiger partial charge is 0.150 e. The third kappa shape index (κ3) is 1.50. The summed E-state index contributed by atoms with van der Waals surface area (Å²) in [5.41, 5.74) is 1.39. The molecule has 0 amide bonds. The van der Waals surface area contributed by atoms with E-state index in [1.165, 1.54) is 6.07 Å². The Bertz CT molecular complexity index is 559. The van der Waals surface area contributed by atoms with Crippen LogP contribution in [0.4, 0.5) is 0 Å². The quantitative estimate of drug-likeness (QED) is 0.785. The Kier molecular flexibility index (Phi) is 2.52. The number of rotatable bonds is 2. The van der Waals surface area contributed by atoms with Gasteiger partial charge in [-0.25, -0.2) is 0 Å². The van der Waals surface area contributed by atoms with Crippen molar-refractivity contribution in [3.05, 3.63) is 35.4 Å². The summed E-state index contributed by atoms with van der Waals surface area (Å²) >= 11 is 0. The lowest BCUT2D eigenvalue weighted by Gasteiger charge is -2.10. The fraction of sp³-hybridized carbons (Fsp3) is 0.154. The van der Waals surface area contributed by atoms with E-state index in [0.29, 0.717) is 17.6 Å². The second-order valence-electron chi connectivity index (χ2n) is 3.67.